The molecule has 1 aromatic rings. The highest BCUT2D eigenvalue weighted by atomic mass is 16.5. The molecule has 5 nitrogen and oxygen atoms in total. The van der Waals surface area contributed by atoms with Crippen LogP contribution in [0.5, 0.6) is 5.75 Å². The number of carbonyl (C=O) groups excluding carboxylic acids is 2. The Morgan fingerprint density at radius 3 is 2.65 bits per heavy atom. The fraction of sp³-hybridized carbons (Fsp3) is 0.333. The first-order chi connectivity index (χ1) is 9.58. The number of nitrogens with zero attached hydrogens (tertiary/aromatic N) is 1. The predicted octanol–water partition coefficient (Wildman–Crippen LogP) is 1.53. The Bertz CT molecular complexity index is 521. The predicted molar refractivity (Wildman–Crippen MR) is 73.1 cm³/mol. The van der Waals surface area contributed by atoms with Crippen LogP contribution in [0.1, 0.15) is 12.5 Å². The quantitative estimate of drug-likeness (QED) is 0.782. The van der Waals surface area contributed by atoms with E-state index in [1.54, 1.807) is 18.1 Å². The second-order valence-corrected chi connectivity index (χ2v) is 4.57. The first kappa shape index (κ1) is 14.1. The highest BCUT2D eigenvalue weighted by Gasteiger charge is 2.22. The van der Waals surface area contributed by atoms with Crippen LogP contribution >= 0.6 is 0 Å². The minimum atomic E-state index is -0.372. The van der Waals surface area contributed by atoms with Crippen molar-refractivity contribution in [2.24, 2.45) is 0 Å². The van der Waals surface area contributed by atoms with E-state index in [1.807, 2.05) is 24.3 Å². The maximum atomic E-state index is 11.8. The second kappa shape index (κ2) is 6.23. The van der Waals surface area contributed by atoms with Crippen molar-refractivity contribution in [1.29, 1.82) is 0 Å². The zero-order chi connectivity index (χ0) is 14.5. The maximum Gasteiger partial charge on any atom is 0.303 e. The number of esters is 1. The van der Waals surface area contributed by atoms with Gasteiger partial charge in [0.25, 0.3) is 0 Å². The van der Waals surface area contributed by atoms with Crippen molar-refractivity contribution in [3.8, 4) is 5.75 Å². The number of amides is 1. The van der Waals surface area contributed by atoms with Crippen molar-refractivity contribution >= 4 is 11.9 Å². The first-order valence-electron chi connectivity index (χ1n) is 6.36. The summed E-state index contributed by atoms with van der Waals surface area (Å²) in [6.07, 6.45) is 2.69. The highest BCUT2D eigenvalue weighted by Crippen LogP contribution is 2.15. The molecule has 20 heavy (non-hydrogen) atoms. The van der Waals surface area contributed by atoms with Gasteiger partial charge >= 0.3 is 5.97 Å². The second-order valence-electron chi connectivity index (χ2n) is 4.57. The van der Waals surface area contributed by atoms with Gasteiger partial charge in [-0.05, 0) is 23.8 Å². The van der Waals surface area contributed by atoms with Crippen LogP contribution in [0.15, 0.2) is 36.4 Å². The molecule has 1 aliphatic heterocycles. The van der Waals surface area contributed by atoms with E-state index in [4.69, 9.17) is 9.47 Å². The van der Waals surface area contributed by atoms with Crippen LogP contribution in [0.25, 0.3) is 0 Å². The Labute approximate surface area is 117 Å². The summed E-state index contributed by atoms with van der Waals surface area (Å²) >= 11 is 0. The third-order valence-electron chi connectivity index (χ3n) is 3.02. The zero-order valence-electron chi connectivity index (χ0n) is 11.5. The van der Waals surface area contributed by atoms with Gasteiger partial charge in [-0.15, -0.1) is 0 Å². The lowest BCUT2D eigenvalue weighted by Gasteiger charge is -2.28. The molecule has 0 unspecified atom stereocenters. The zero-order valence-corrected chi connectivity index (χ0v) is 11.5. The van der Waals surface area contributed by atoms with Gasteiger partial charge in [-0.3, -0.25) is 9.59 Å². The third kappa shape index (κ3) is 3.60. The fourth-order valence-electron chi connectivity index (χ4n) is 2.05. The summed E-state index contributed by atoms with van der Waals surface area (Å²) in [5.41, 5.74) is 0.996. The van der Waals surface area contributed by atoms with Crippen LogP contribution in [0.4, 0.5) is 0 Å². The van der Waals surface area contributed by atoms with E-state index in [0.717, 1.165) is 11.3 Å². The van der Waals surface area contributed by atoms with Crippen molar-refractivity contribution < 1.29 is 19.1 Å². The summed E-state index contributed by atoms with van der Waals surface area (Å²) in [6, 6.07) is 7.52. The summed E-state index contributed by atoms with van der Waals surface area (Å²) in [5.74, 6) is 0.346. The normalized spacial score (nSPS) is 18.0. The van der Waals surface area contributed by atoms with Crippen LogP contribution in [-0.4, -0.2) is 36.5 Å². The number of methoxy groups -OCH3 is 1. The average Bonchev–Trinajstić information content (AvgIpc) is 2.43. The molecule has 1 aliphatic rings. The number of carbonyl (C=O) groups is 2. The van der Waals surface area contributed by atoms with Gasteiger partial charge in [0.1, 0.15) is 11.9 Å². The van der Waals surface area contributed by atoms with Crippen molar-refractivity contribution in [1.82, 2.24) is 4.90 Å². The Morgan fingerprint density at radius 1 is 1.35 bits per heavy atom. The molecule has 1 heterocycles. The Balaban J connectivity index is 2.02. The van der Waals surface area contributed by atoms with Gasteiger partial charge < -0.3 is 14.4 Å². The Kier molecular flexibility index (Phi) is 4.40. The summed E-state index contributed by atoms with van der Waals surface area (Å²) < 4.78 is 10.2. The molecule has 0 saturated carbocycles. The summed E-state index contributed by atoms with van der Waals surface area (Å²) in [7, 11) is 1.61. The van der Waals surface area contributed by atoms with Crippen molar-refractivity contribution in [2.45, 2.75) is 19.6 Å². The lowest BCUT2D eigenvalue weighted by atomic mass is 10.1. The van der Waals surface area contributed by atoms with Gasteiger partial charge in [-0.25, -0.2) is 0 Å². The standard InChI is InChI=1S/C15H17NO4/c1-11(17)20-14-7-8-15(18)16(10-14)9-12-3-5-13(19-2)6-4-12/h3-8,14H,9-10H2,1-2H3/t14-/m0/s1. The topological polar surface area (TPSA) is 55.8 Å². The lowest BCUT2D eigenvalue weighted by Crippen LogP contribution is -2.40. The summed E-state index contributed by atoms with van der Waals surface area (Å²) in [6.45, 7) is 2.21. The van der Waals surface area contributed by atoms with Crippen LogP contribution < -0.4 is 4.74 Å². The number of hydrogen-bond donors (Lipinski definition) is 0. The van der Waals surface area contributed by atoms with E-state index >= 15 is 0 Å². The van der Waals surface area contributed by atoms with Gasteiger partial charge in [0.2, 0.25) is 5.91 Å². The van der Waals surface area contributed by atoms with E-state index in [0.29, 0.717) is 13.1 Å². The monoisotopic (exact) mass is 275 g/mol. The minimum absolute atomic E-state index is 0.0794. The van der Waals surface area contributed by atoms with Gasteiger partial charge in [-0.2, -0.15) is 0 Å². The fourth-order valence-corrected chi connectivity index (χ4v) is 2.05. The van der Waals surface area contributed by atoms with Crippen molar-refractivity contribution in [2.75, 3.05) is 13.7 Å². The molecule has 5 heteroatoms. The molecule has 0 N–H and O–H groups in total. The summed E-state index contributed by atoms with van der Waals surface area (Å²) in [5, 5.41) is 0. The van der Waals surface area contributed by atoms with E-state index in [1.165, 1.54) is 13.0 Å². The SMILES string of the molecule is COc1ccc(CN2C[C@@H](OC(C)=O)C=CC2=O)cc1. The molecule has 2 rings (SSSR count). The van der Waals surface area contributed by atoms with E-state index in [9.17, 15) is 9.59 Å². The molecular formula is C15H17NO4. The van der Waals surface area contributed by atoms with E-state index in [2.05, 4.69) is 0 Å². The number of ether oxygens (including phenoxy) is 2. The van der Waals surface area contributed by atoms with Crippen molar-refractivity contribution in [3.63, 3.8) is 0 Å². The molecule has 0 saturated heterocycles. The molecule has 0 spiro atoms. The third-order valence-corrected chi connectivity index (χ3v) is 3.02. The number of hydrogen-bond acceptors (Lipinski definition) is 4. The largest absolute Gasteiger partial charge is 0.497 e. The smallest absolute Gasteiger partial charge is 0.303 e. The average molecular weight is 275 g/mol. The molecular weight excluding hydrogens is 258 g/mol. The van der Waals surface area contributed by atoms with Gasteiger partial charge in [0, 0.05) is 19.5 Å². The highest BCUT2D eigenvalue weighted by molar-refractivity contribution is 5.88. The van der Waals surface area contributed by atoms with E-state index < -0.39 is 0 Å². The van der Waals surface area contributed by atoms with Crippen LogP contribution in [0, 0.1) is 0 Å². The molecule has 1 aromatic carbocycles. The molecule has 0 aliphatic carbocycles. The van der Waals surface area contributed by atoms with Gasteiger partial charge in [0.05, 0.1) is 13.7 Å². The molecule has 0 radical (unpaired) electrons. The van der Waals surface area contributed by atoms with Gasteiger partial charge in [0.15, 0.2) is 0 Å². The Morgan fingerprint density at radius 2 is 2.05 bits per heavy atom. The Hall–Kier alpha value is -2.30. The van der Waals surface area contributed by atoms with Crippen LogP contribution in [0.3, 0.4) is 0 Å². The molecule has 106 valence electrons. The number of benzene rings is 1. The molecule has 1 amide bonds. The van der Waals surface area contributed by atoms with Gasteiger partial charge in [-0.1, -0.05) is 12.1 Å². The lowest BCUT2D eigenvalue weighted by molar-refractivity contribution is -0.147. The molecule has 0 aromatic heterocycles. The molecule has 0 fully saturated rings. The van der Waals surface area contributed by atoms with Crippen molar-refractivity contribution in [3.05, 3.63) is 42.0 Å². The summed E-state index contributed by atoms with van der Waals surface area (Å²) in [4.78, 5) is 24.4. The van der Waals surface area contributed by atoms with E-state index in [-0.39, 0.29) is 18.0 Å². The molecule has 0 bridgehead atoms. The minimum Gasteiger partial charge on any atom is -0.497 e. The molecule has 1 atom stereocenters. The first-order valence-corrected chi connectivity index (χ1v) is 6.36. The maximum absolute atomic E-state index is 11.8. The van der Waals surface area contributed by atoms with Crippen LogP contribution in [-0.2, 0) is 20.9 Å². The number of rotatable bonds is 4. The van der Waals surface area contributed by atoms with Crippen LogP contribution in [0.2, 0.25) is 0 Å².